The Bertz CT molecular complexity index is 444. The van der Waals surface area contributed by atoms with E-state index in [0.29, 0.717) is 17.5 Å². The minimum absolute atomic E-state index is 0.374. The highest BCUT2D eigenvalue weighted by molar-refractivity contribution is 4.97. The molecule has 0 radical (unpaired) electrons. The highest BCUT2D eigenvalue weighted by Gasteiger charge is 2.37. The molecule has 1 saturated carbocycles. The summed E-state index contributed by atoms with van der Waals surface area (Å²) in [4.78, 5) is 4.49. The topological polar surface area (TPSA) is 42.7 Å². The van der Waals surface area contributed by atoms with Crippen molar-refractivity contribution in [2.24, 2.45) is 11.3 Å². The molecule has 0 spiro atoms. The molecule has 1 N–H and O–H groups in total. The number of hydrogen-bond donors (Lipinski definition) is 1. The van der Waals surface area contributed by atoms with Gasteiger partial charge < -0.3 is 5.32 Å². The lowest BCUT2D eigenvalue weighted by atomic mass is 9.69. The van der Waals surface area contributed by atoms with E-state index >= 15 is 0 Å². The normalized spacial score (nSPS) is 27.8. The van der Waals surface area contributed by atoms with Crippen LogP contribution in [0.2, 0.25) is 0 Å². The monoisotopic (exact) mass is 278 g/mol. The highest BCUT2D eigenvalue weighted by atomic mass is 15.4. The van der Waals surface area contributed by atoms with Crippen LogP contribution in [0.5, 0.6) is 0 Å². The summed E-state index contributed by atoms with van der Waals surface area (Å²) in [6, 6.07) is 0.965. The summed E-state index contributed by atoms with van der Waals surface area (Å²) in [5.41, 5.74) is 0.374. The van der Waals surface area contributed by atoms with Crippen molar-refractivity contribution in [2.75, 3.05) is 6.54 Å². The zero-order valence-corrected chi connectivity index (χ0v) is 13.9. The molecule has 0 amide bonds. The Hall–Kier alpha value is -0.900. The van der Waals surface area contributed by atoms with Crippen molar-refractivity contribution >= 4 is 0 Å². The number of aryl methyl sites for hydroxylation is 2. The van der Waals surface area contributed by atoms with Crippen molar-refractivity contribution in [3.05, 3.63) is 11.6 Å². The molecule has 1 aliphatic carbocycles. The zero-order chi connectivity index (χ0) is 14.9. The Kier molecular flexibility index (Phi) is 4.52. The molecular formula is C16H30N4. The molecule has 0 saturated heterocycles. The van der Waals surface area contributed by atoms with Gasteiger partial charge in [0.1, 0.15) is 11.6 Å². The van der Waals surface area contributed by atoms with Crippen LogP contribution in [-0.2, 0) is 0 Å². The maximum atomic E-state index is 4.65. The molecule has 1 aliphatic rings. The Morgan fingerprint density at radius 3 is 2.45 bits per heavy atom. The van der Waals surface area contributed by atoms with Crippen LogP contribution >= 0.6 is 0 Å². The number of rotatable bonds is 3. The van der Waals surface area contributed by atoms with Gasteiger partial charge in [-0.25, -0.2) is 9.67 Å². The summed E-state index contributed by atoms with van der Waals surface area (Å²) >= 11 is 0. The van der Waals surface area contributed by atoms with Gasteiger partial charge in [0.15, 0.2) is 0 Å². The standard InChI is InChI=1S/C16H30N4/c1-7-17-14-9-8-13(16(4,5)6)10-15(14)20-12(3)18-11(2)19-20/h13-15,17H,7-10H2,1-6H3. The Balaban J connectivity index is 2.25. The van der Waals surface area contributed by atoms with Crippen LogP contribution in [0.25, 0.3) is 0 Å². The van der Waals surface area contributed by atoms with E-state index in [0.717, 1.165) is 24.1 Å². The summed E-state index contributed by atoms with van der Waals surface area (Å²) in [5.74, 6) is 2.69. The van der Waals surface area contributed by atoms with Crippen molar-refractivity contribution in [1.82, 2.24) is 20.1 Å². The Morgan fingerprint density at radius 2 is 1.95 bits per heavy atom. The Labute approximate surface area is 123 Å². The van der Waals surface area contributed by atoms with Gasteiger partial charge in [-0.15, -0.1) is 0 Å². The van der Waals surface area contributed by atoms with Crippen LogP contribution < -0.4 is 5.32 Å². The molecule has 1 aromatic rings. The molecule has 1 aromatic heterocycles. The highest BCUT2D eigenvalue weighted by Crippen LogP contribution is 2.42. The van der Waals surface area contributed by atoms with E-state index in [2.05, 4.69) is 54.7 Å². The fourth-order valence-corrected chi connectivity index (χ4v) is 3.55. The number of nitrogens with one attached hydrogen (secondary N) is 1. The minimum atomic E-state index is 0.374. The molecule has 1 fully saturated rings. The molecule has 1 heterocycles. The first-order valence-electron chi connectivity index (χ1n) is 7.96. The number of likely N-dealkylation sites (N-methyl/N-ethyl adjacent to an activating group) is 1. The van der Waals surface area contributed by atoms with E-state index in [1.165, 1.54) is 19.3 Å². The molecule has 2 rings (SSSR count). The summed E-state index contributed by atoms with van der Waals surface area (Å²) in [7, 11) is 0. The number of hydrogen-bond acceptors (Lipinski definition) is 3. The summed E-state index contributed by atoms with van der Waals surface area (Å²) < 4.78 is 2.17. The number of aromatic nitrogens is 3. The third-order valence-electron chi connectivity index (χ3n) is 4.73. The van der Waals surface area contributed by atoms with Gasteiger partial charge in [-0.05, 0) is 51.0 Å². The van der Waals surface area contributed by atoms with E-state index in [1.807, 2.05) is 6.92 Å². The predicted molar refractivity (Wildman–Crippen MR) is 82.8 cm³/mol. The van der Waals surface area contributed by atoms with Crippen molar-refractivity contribution in [3.8, 4) is 0 Å². The SMILES string of the molecule is CCNC1CCC(C(C)(C)C)CC1n1nc(C)nc1C. The third-order valence-corrected chi connectivity index (χ3v) is 4.73. The second-order valence-corrected chi connectivity index (χ2v) is 7.26. The van der Waals surface area contributed by atoms with Crippen LogP contribution in [0.1, 0.15) is 64.6 Å². The smallest absolute Gasteiger partial charge is 0.147 e. The van der Waals surface area contributed by atoms with Crippen molar-refractivity contribution in [1.29, 1.82) is 0 Å². The molecule has 20 heavy (non-hydrogen) atoms. The van der Waals surface area contributed by atoms with Gasteiger partial charge in [-0.3, -0.25) is 0 Å². The van der Waals surface area contributed by atoms with E-state index in [-0.39, 0.29) is 0 Å². The lowest BCUT2D eigenvalue weighted by molar-refractivity contribution is 0.111. The van der Waals surface area contributed by atoms with Crippen LogP contribution in [0, 0.1) is 25.2 Å². The largest absolute Gasteiger partial charge is 0.312 e. The van der Waals surface area contributed by atoms with E-state index in [4.69, 9.17) is 0 Å². The quantitative estimate of drug-likeness (QED) is 0.923. The van der Waals surface area contributed by atoms with Crippen LogP contribution in [0.4, 0.5) is 0 Å². The molecule has 0 aliphatic heterocycles. The van der Waals surface area contributed by atoms with Crippen LogP contribution in [-0.4, -0.2) is 27.4 Å². The first-order chi connectivity index (χ1) is 9.32. The fourth-order valence-electron chi connectivity index (χ4n) is 3.55. The van der Waals surface area contributed by atoms with Crippen molar-refractivity contribution in [3.63, 3.8) is 0 Å². The molecule has 114 valence electrons. The molecule has 0 bridgehead atoms. The van der Waals surface area contributed by atoms with Crippen LogP contribution in [0.3, 0.4) is 0 Å². The third kappa shape index (κ3) is 3.22. The lowest BCUT2D eigenvalue weighted by Crippen LogP contribution is -2.44. The van der Waals surface area contributed by atoms with Gasteiger partial charge in [0.2, 0.25) is 0 Å². The van der Waals surface area contributed by atoms with Gasteiger partial charge in [0.25, 0.3) is 0 Å². The zero-order valence-electron chi connectivity index (χ0n) is 13.9. The summed E-state index contributed by atoms with van der Waals surface area (Å²) in [5, 5.41) is 8.30. The average Bonchev–Trinajstić information content (AvgIpc) is 2.68. The maximum absolute atomic E-state index is 4.65. The molecular weight excluding hydrogens is 248 g/mol. The van der Waals surface area contributed by atoms with Crippen molar-refractivity contribution < 1.29 is 0 Å². The lowest BCUT2D eigenvalue weighted by Gasteiger charge is -2.42. The van der Waals surface area contributed by atoms with Gasteiger partial charge >= 0.3 is 0 Å². The van der Waals surface area contributed by atoms with E-state index in [9.17, 15) is 0 Å². The fraction of sp³-hybridized carbons (Fsp3) is 0.875. The predicted octanol–water partition coefficient (Wildman–Crippen LogP) is 3.26. The Morgan fingerprint density at radius 1 is 1.25 bits per heavy atom. The molecule has 4 heteroatoms. The maximum Gasteiger partial charge on any atom is 0.147 e. The summed E-state index contributed by atoms with van der Waals surface area (Å²) in [6.07, 6.45) is 3.74. The van der Waals surface area contributed by atoms with Gasteiger partial charge in [-0.2, -0.15) is 5.10 Å². The molecule has 0 aromatic carbocycles. The first-order valence-corrected chi connectivity index (χ1v) is 7.96. The second-order valence-electron chi connectivity index (χ2n) is 7.26. The second kappa shape index (κ2) is 5.84. The van der Waals surface area contributed by atoms with E-state index in [1.54, 1.807) is 0 Å². The first kappa shape index (κ1) is 15.5. The molecule has 3 unspecified atom stereocenters. The van der Waals surface area contributed by atoms with Crippen molar-refractivity contribution in [2.45, 2.75) is 72.9 Å². The average molecular weight is 278 g/mol. The molecule has 4 nitrogen and oxygen atoms in total. The van der Waals surface area contributed by atoms with E-state index < -0.39 is 0 Å². The molecule has 3 atom stereocenters. The van der Waals surface area contributed by atoms with Gasteiger partial charge in [-0.1, -0.05) is 27.7 Å². The van der Waals surface area contributed by atoms with Gasteiger partial charge in [0, 0.05) is 6.04 Å². The number of nitrogens with zero attached hydrogens (tertiary/aromatic N) is 3. The summed E-state index contributed by atoms with van der Waals surface area (Å²) in [6.45, 7) is 14.4. The minimum Gasteiger partial charge on any atom is -0.312 e. The van der Waals surface area contributed by atoms with Gasteiger partial charge in [0.05, 0.1) is 6.04 Å². The van der Waals surface area contributed by atoms with Crippen LogP contribution in [0.15, 0.2) is 0 Å².